The molecule has 0 unspecified atom stereocenters. The van der Waals surface area contributed by atoms with Gasteiger partial charge >= 0.3 is 20.4 Å². The third kappa shape index (κ3) is 7.80. The fourth-order valence-electron chi connectivity index (χ4n) is 9.56. The molecule has 2 aromatic carbocycles. The summed E-state index contributed by atoms with van der Waals surface area (Å²) in [5.74, 6) is 1.42. The van der Waals surface area contributed by atoms with Crippen LogP contribution in [0.2, 0.25) is 0 Å². The van der Waals surface area contributed by atoms with Gasteiger partial charge in [0.05, 0.1) is 11.0 Å². The van der Waals surface area contributed by atoms with Gasteiger partial charge in [-0.2, -0.15) is 25.4 Å². The Hall–Kier alpha value is -3.80. The predicted octanol–water partition coefficient (Wildman–Crippen LogP) is 4.89. The summed E-state index contributed by atoms with van der Waals surface area (Å²) < 4.78 is 57.9. The third-order valence-corrected chi connectivity index (χ3v) is 17.3. The van der Waals surface area contributed by atoms with Gasteiger partial charge in [-0.05, 0) is 97.9 Å². The molecule has 3 fully saturated rings. The Morgan fingerprint density at radius 1 is 0.633 bits per heavy atom. The number of likely N-dealkylation sites (tertiary alicyclic amines) is 2. The minimum Gasteiger partial charge on any atom is -0.339 e. The number of hydrogen-bond acceptors (Lipinski definition) is 8. The highest BCUT2D eigenvalue weighted by molar-refractivity contribution is 7.88. The molecular formula is C44H62N8O6S2. The number of hydrogen-bond donors (Lipinski definition) is 1. The average Bonchev–Trinajstić information content (AvgIpc) is 3.73. The van der Waals surface area contributed by atoms with Crippen LogP contribution in [0.3, 0.4) is 0 Å². The predicted molar refractivity (Wildman–Crippen MR) is 236 cm³/mol. The van der Waals surface area contributed by atoms with E-state index in [-0.39, 0.29) is 11.8 Å². The van der Waals surface area contributed by atoms with E-state index in [1.165, 1.54) is 35.8 Å². The van der Waals surface area contributed by atoms with Crippen molar-refractivity contribution in [1.82, 2.24) is 36.6 Å². The van der Waals surface area contributed by atoms with Crippen molar-refractivity contribution in [2.24, 2.45) is 11.8 Å². The molecule has 0 bridgehead atoms. The Labute approximate surface area is 355 Å². The Morgan fingerprint density at radius 2 is 1.10 bits per heavy atom. The largest absolute Gasteiger partial charge is 0.339 e. The Kier molecular flexibility index (Phi) is 12.0. The monoisotopic (exact) mass is 862 g/mol. The highest BCUT2D eigenvalue weighted by Gasteiger charge is 2.35. The van der Waals surface area contributed by atoms with Gasteiger partial charge in [0.2, 0.25) is 0 Å². The summed E-state index contributed by atoms with van der Waals surface area (Å²) >= 11 is 0. The lowest BCUT2D eigenvalue weighted by Gasteiger charge is -2.40. The van der Waals surface area contributed by atoms with Crippen LogP contribution in [-0.2, 0) is 46.3 Å². The van der Waals surface area contributed by atoms with Crippen LogP contribution >= 0.6 is 0 Å². The van der Waals surface area contributed by atoms with Gasteiger partial charge in [-0.3, -0.25) is 14.5 Å². The second-order valence-electron chi connectivity index (χ2n) is 18.1. The van der Waals surface area contributed by atoms with E-state index in [4.69, 9.17) is 0 Å². The van der Waals surface area contributed by atoms with Crippen LogP contribution in [-0.4, -0.2) is 133 Å². The van der Waals surface area contributed by atoms with Crippen molar-refractivity contribution in [2.75, 3.05) is 67.5 Å². The second-order valence-corrected chi connectivity index (χ2v) is 22.1. The van der Waals surface area contributed by atoms with Gasteiger partial charge in [0.1, 0.15) is 0 Å². The van der Waals surface area contributed by atoms with Crippen LogP contribution in [0.15, 0.2) is 36.4 Å². The summed E-state index contributed by atoms with van der Waals surface area (Å²) in [5, 5.41) is 5.09. The molecule has 5 aliphatic rings. The fraction of sp³-hybridized carbons (Fsp3) is 0.591. The lowest BCUT2D eigenvalue weighted by Crippen LogP contribution is -2.43. The lowest BCUT2D eigenvalue weighted by atomic mass is 9.89. The Bertz CT molecular complexity index is 2510. The Balaban J connectivity index is 0.000000168. The first-order chi connectivity index (χ1) is 28.6. The number of carbonyl (C=O) groups is 2. The summed E-state index contributed by atoms with van der Waals surface area (Å²) in [4.78, 5) is 32.6. The number of piperidine rings is 2. The first-order valence-electron chi connectivity index (χ1n) is 21.8. The number of nitrogens with zero attached hydrogens (tertiary/aromatic N) is 7. The molecule has 2 saturated heterocycles. The van der Waals surface area contributed by atoms with E-state index >= 15 is 0 Å². The highest BCUT2D eigenvalue weighted by Crippen LogP contribution is 2.37. The lowest BCUT2D eigenvalue weighted by molar-refractivity contribution is 0.0689. The average molecular weight is 863 g/mol. The van der Waals surface area contributed by atoms with E-state index in [0.29, 0.717) is 59.4 Å². The van der Waals surface area contributed by atoms with E-state index in [0.717, 1.165) is 105 Å². The summed E-state index contributed by atoms with van der Waals surface area (Å²) in [5.41, 5.74) is 6.37. The van der Waals surface area contributed by atoms with E-state index in [2.05, 4.69) is 24.1 Å². The molecule has 9 rings (SSSR count). The van der Waals surface area contributed by atoms with E-state index in [1.807, 2.05) is 28.0 Å². The van der Waals surface area contributed by atoms with Gasteiger partial charge in [0.15, 0.2) is 0 Å². The maximum absolute atomic E-state index is 13.3. The van der Waals surface area contributed by atoms with Crippen LogP contribution in [0.1, 0.15) is 102 Å². The van der Waals surface area contributed by atoms with Gasteiger partial charge < -0.3 is 15.1 Å². The SMILES string of the molecule is CC1CCN(C(=O)c2ccc3c(c2)c2c(n3S(=O)(=O)N(C)C)CCN(C3CCC3)C2)CC1.CC1CCN(C(=O)c2ccc3c(c2)c2c(n3S(=O)(=O)N(C)C)CCNC2)CC1. The topological polar surface area (TPSA) is 141 Å². The third-order valence-electron chi connectivity index (χ3n) is 13.7. The number of nitrogens with one attached hydrogen (secondary N) is 1. The zero-order chi connectivity index (χ0) is 42.7. The highest BCUT2D eigenvalue weighted by atomic mass is 32.2. The van der Waals surface area contributed by atoms with Crippen LogP contribution in [0, 0.1) is 11.8 Å². The van der Waals surface area contributed by atoms with Crippen molar-refractivity contribution in [1.29, 1.82) is 0 Å². The van der Waals surface area contributed by atoms with Gasteiger partial charge in [-0.1, -0.05) is 20.3 Å². The van der Waals surface area contributed by atoms with E-state index in [9.17, 15) is 26.4 Å². The standard InChI is InChI=1S/C24H34N4O3S.C20H28N4O3S/c1-17-9-12-26(13-10-17)24(29)18-7-8-22-20(15-18)21-16-27(19-5-4-6-19)14-11-23(21)28(22)32(30,31)25(2)3;1-14-7-10-23(11-8-14)20(25)15-4-5-18-16(12-15)17-13-21-9-6-19(17)24(18)28(26,27)22(2)3/h7-8,15,17,19H,4-6,9-14,16H2,1-3H3;4-5,12,14,21H,6-11,13H2,1-3H3. The maximum atomic E-state index is 13.3. The van der Waals surface area contributed by atoms with E-state index < -0.39 is 20.4 Å². The molecule has 0 spiro atoms. The number of carbonyl (C=O) groups excluding carboxylic acids is 2. The minimum absolute atomic E-state index is 0.0366. The molecule has 1 N–H and O–H groups in total. The van der Waals surface area contributed by atoms with Gasteiger partial charge in [-0.15, -0.1) is 0 Å². The number of rotatable bonds is 7. The smallest absolute Gasteiger partial charge is 0.307 e. The van der Waals surface area contributed by atoms with Gasteiger partial charge in [0, 0.05) is 133 Å². The summed E-state index contributed by atoms with van der Waals surface area (Å²) in [6.45, 7) is 10.6. The molecule has 4 aromatic rings. The molecule has 326 valence electrons. The zero-order valence-electron chi connectivity index (χ0n) is 36.1. The fourth-order valence-corrected chi connectivity index (χ4v) is 12.0. The molecular weight excluding hydrogens is 801 g/mol. The zero-order valence-corrected chi connectivity index (χ0v) is 37.7. The number of fused-ring (bicyclic) bond motifs is 6. The molecule has 2 aromatic heterocycles. The molecule has 1 aliphatic carbocycles. The van der Waals surface area contributed by atoms with Crippen LogP contribution in [0.25, 0.3) is 21.8 Å². The van der Waals surface area contributed by atoms with Gasteiger partial charge in [0.25, 0.3) is 11.8 Å². The molecule has 1 saturated carbocycles. The molecule has 6 heterocycles. The quantitative estimate of drug-likeness (QED) is 0.277. The number of benzene rings is 2. The molecule has 0 atom stereocenters. The first-order valence-corrected chi connectivity index (χ1v) is 24.6. The van der Waals surface area contributed by atoms with E-state index in [1.54, 1.807) is 46.4 Å². The van der Waals surface area contributed by atoms with Crippen molar-refractivity contribution in [3.63, 3.8) is 0 Å². The van der Waals surface area contributed by atoms with Crippen LogP contribution < -0.4 is 5.32 Å². The molecule has 60 heavy (non-hydrogen) atoms. The van der Waals surface area contributed by atoms with Crippen LogP contribution in [0.5, 0.6) is 0 Å². The summed E-state index contributed by atoms with van der Waals surface area (Å²) in [6, 6.07) is 11.6. The molecule has 0 radical (unpaired) electrons. The van der Waals surface area contributed by atoms with Crippen molar-refractivity contribution < 1.29 is 26.4 Å². The Morgan fingerprint density at radius 3 is 1.55 bits per heavy atom. The summed E-state index contributed by atoms with van der Waals surface area (Å²) in [6.07, 6.45) is 9.22. The normalized spacial score (nSPS) is 20.0. The molecule has 14 nitrogen and oxygen atoms in total. The van der Waals surface area contributed by atoms with Gasteiger partial charge in [-0.25, -0.2) is 7.94 Å². The molecule has 4 aliphatic heterocycles. The molecule has 16 heteroatoms. The summed E-state index contributed by atoms with van der Waals surface area (Å²) in [7, 11) is -1.05. The number of amides is 2. The molecule has 2 amide bonds. The van der Waals surface area contributed by atoms with Crippen molar-refractivity contribution >= 4 is 54.0 Å². The minimum atomic E-state index is -3.65. The first kappa shape index (κ1) is 42.9. The van der Waals surface area contributed by atoms with Crippen molar-refractivity contribution in [3.05, 3.63) is 70.0 Å². The second kappa shape index (κ2) is 16.8. The van der Waals surface area contributed by atoms with Crippen LogP contribution in [0.4, 0.5) is 0 Å². The maximum Gasteiger partial charge on any atom is 0.307 e. The van der Waals surface area contributed by atoms with Crippen molar-refractivity contribution in [2.45, 2.75) is 90.8 Å². The number of aromatic nitrogens is 2. The van der Waals surface area contributed by atoms with Crippen molar-refractivity contribution in [3.8, 4) is 0 Å².